The topological polar surface area (TPSA) is 99.3 Å². The summed E-state index contributed by atoms with van der Waals surface area (Å²) in [7, 11) is 0. The van der Waals surface area contributed by atoms with E-state index in [-0.39, 0.29) is 22.1 Å². The van der Waals surface area contributed by atoms with Crippen molar-refractivity contribution in [2.45, 2.75) is 32.1 Å². The summed E-state index contributed by atoms with van der Waals surface area (Å²) in [5, 5.41) is 12.1. The third-order valence-electron chi connectivity index (χ3n) is 3.97. The molecule has 3 N–H and O–H groups in total. The van der Waals surface area contributed by atoms with Crippen LogP contribution in [0.5, 0.6) is 0 Å². The van der Waals surface area contributed by atoms with E-state index in [0.717, 1.165) is 19.3 Å². The number of carboxylic acid groups (broad SMARTS) is 1. The number of carboxylic acids is 1. The lowest BCUT2D eigenvalue weighted by molar-refractivity contribution is -0.150. The van der Waals surface area contributed by atoms with Crippen LogP contribution in [-0.4, -0.2) is 28.5 Å². The Morgan fingerprint density at radius 3 is 2.57 bits per heavy atom. The maximum atomic E-state index is 12.1. The van der Waals surface area contributed by atoms with Gasteiger partial charge in [-0.3, -0.25) is 14.4 Å². The molecule has 0 bridgehead atoms. The zero-order chi connectivity index (χ0) is 15.5. The number of carbonyl (C=O) groups excluding carboxylic acids is 1. The first-order valence-corrected chi connectivity index (χ1v) is 7.64. The van der Waals surface area contributed by atoms with Gasteiger partial charge in [0.2, 0.25) is 0 Å². The summed E-state index contributed by atoms with van der Waals surface area (Å²) in [4.78, 5) is 37.3. The molecule has 1 fully saturated rings. The molecule has 0 aliphatic heterocycles. The van der Waals surface area contributed by atoms with Crippen molar-refractivity contribution in [2.75, 3.05) is 6.54 Å². The fraction of sp³-hybridized carbons (Fsp3) is 0.500. The molecule has 0 aromatic carbocycles. The molecule has 1 aromatic heterocycles. The summed E-state index contributed by atoms with van der Waals surface area (Å²) in [6, 6.07) is 1.42. The maximum Gasteiger partial charge on any atom is 0.311 e. The summed E-state index contributed by atoms with van der Waals surface area (Å²) in [6.07, 6.45) is 5.25. The normalized spacial score (nSPS) is 17.2. The molecule has 1 heterocycles. The Hall–Kier alpha value is -1.63. The summed E-state index contributed by atoms with van der Waals surface area (Å²) in [5.41, 5.74) is -0.897. The van der Waals surface area contributed by atoms with Crippen LogP contribution in [0.25, 0.3) is 0 Å². The second-order valence-electron chi connectivity index (χ2n) is 5.39. The smallest absolute Gasteiger partial charge is 0.311 e. The molecule has 2 rings (SSSR count). The largest absolute Gasteiger partial charge is 0.481 e. The van der Waals surface area contributed by atoms with Crippen molar-refractivity contribution in [3.05, 3.63) is 32.7 Å². The van der Waals surface area contributed by atoms with Gasteiger partial charge in [-0.15, -0.1) is 0 Å². The van der Waals surface area contributed by atoms with E-state index in [1.165, 1.54) is 12.3 Å². The van der Waals surface area contributed by atoms with E-state index < -0.39 is 17.3 Å². The number of rotatable bonds is 4. The monoisotopic (exact) mass is 356 g/mol. The highest BCUT2D eigenvalue weighted by atomic mass is 79.9. The predicted molar refractivity (Wildman–Crippen MR) is 80.2 cm³/mol. The highest BCUT2D eigenvalue weighted by molar-refractivity contribution is 9.10. The molecule has 0 spiro atoms. The number of halogens is 1. The number of hydrogen-bond donors (Lipinski definition) is 3. The summed E-state index contributed by atoms with van der Waals surface area (Å²) < 4.78 is 0.265. The van der Waals surface area contributed by atoms with Gasteiger partial charge < -0.3 is 15.4 Å². The lowest BCUT2D eigenvalue weighted by atomic mass is 9.74. The number of aromatic nitrogens is 1. The van der Waals surface area contributed by atoms with Gasteiger partial charge >= 0.3 is 5.97 Å². The van der Waals surface area contributed by atoms with Crippen LogP contribution in [0.3, 0.4) is 0 Å². The van der Waals surface area contributed by atoms with E-state index in [9.17, 15) is 19.5 Å². The van der Waals surface area contributed by atoms with Crippen LogP contribution in [-0.2, 0) is 4.79 Å². The minimum atomic E-state index is -0.868. The quantitative estimate of drug-likeness (QED) is 0.766. The number of aliphatic carboxylic acids is 1. The van der Waals surface area contributed by atoms with Crippen molar-refractivity contribution < 1.29 is 14.7 Å². The third-order valence-corrected chi connectivity index (χ3v) is 4.56. The van der Waals surface area contributed by atoms with E-state index in [2.05, 4.69) is 26.2 Å². The Balaban J connectivity index is 2.06. The molecule has 7 heteroatoms. The van der Waals surface area contributed by atoms with Crippen molar-refractivity contribution in [3.63, 3.8) is 0 Å². The molecular weight excluding hydrogens is 340 g/mol. The number of pyridine rings is 1. The Labute approximate surface area is 130 Å². The van der Waals surface area contributed by atoms with E-state index in [0.29, 0.717) is 12.8 Å². The summed E-state index contributed by atoms with van der Waals surface area (Å²) in [5.74, 6) is -1.25. The van der Waals surface area contributed by atoms with Crippen molar-refractivity contribution >= 4 is 27.8 Å². The molecule has 0 atom stereocenters. The number of hydrogen-bond acceptors (Lipinski definition) is 3. The van der Waals surface area contributed by atoms with Crippen LogP contribution in [0.4, 0.5) is 0 Å². The zero-order valence-corrected chi connectivity index (χ0v) is 13.0. The second kappa shape index (κ2) is 6.43. The third kappa shape index (κ3) is 3.53. The van der Waals surface area contributed by atoms with Gasteiger partial charge in [-0.1, -0.05) is 19.3 Å². The van der Waals surface area contributed by atoms with Gasteiger partial charge in [-0.05, 0) is 34.8 Å². The van der Waals surface area contributed by atoms with E-state index in [1.54, 1.807) is 0 Å². The lowest BCUT2D eigenvalue weighted by Gasteiger charge is -2.33. The molecule has 1 aliphatic rings. The first kappa shape index (κ1) is 15.8. The molecule has 0 unspecified atom stereocenters. The number of carbonyl (C=O) groups is 2. The fourth-order valence-electron chi connectivity index (χ4n) is 2.63. The Morgan fingerprint density at radius 1 is 1.33 bits per heavy atom. The van der Waals surface area contributed by atoms with Gasteiger partial charge in [0.15, 0.2) is 0 Å². The number of aromatic amines is 1. The van der Waals surface area contributed by atoms with Gasteiger partial charge in [-0.2, -0.15) is 0 Å². The minimum absolute atomic E-state index is 0.109. The average molecular weight is 357 g/mol. The predicted octanol–water partition coefficient (Wildman–Crippen LogP) is 1.90. The van der Waals surface area contributed by atoms with Gasteiger partial charge in [0.05, 0.1) is 15.5 Å². The van der Waals surface area contributed by atoms with Gasteiger partial charge in [-0.25, -0.2) is 0 Å². The molecule has 21 heavy (non-hydrogen) atoms. The molecule has 0 saturated heterocycles. The second-order valence-corrected chi connectivity index (χ2v) is 6.25. The van der Waals surface area contributed by atoms with Crippen LogP contribution in [0.15, 0.2) is 21.5 Å². The number of amides is 1. The fourth-order valence-corrected chi connectivity index (χ4v) is 2.99. The van der Waals surface area contributed by atoms with Crippen LogP contribution < -0.4 is 10.9 Å². The molecule has 6 nitrogen and oxygen atoms in total. The SMILES string of the molecule is O=C(NCC1(C(=O)O)CCCCC1)c1c[nH]c(=O)c(Br)c1. The van der Waals surface area contributed by atoms with Crippen molar-refractivity contribution in [1.29, 1.82) is 0 Å². The van der Waals surface area contributed by atoms with Crippen LogP contribution >= 0.6 is 15.9 Å². The van der Waals surface area contributed by atoms with Gasteiger partial charge in [0.25, 0.3) is 11.5 Å². The summed E-state index contributed by atoms with van der Waals surface area (Å²) in [6.45, 7) is 0.109. The first-order chi connectivity index (χ1) is 9.94. The van der Waals surface area contributed by atoms with E-state index in [1.807, 2.05) is 0 Å². The first-order valence-electron chi connectivity index (χ1n) is 6.84. The van der Waals surface area contributed by atoms with E-state index >= 15 is 0 Å². The van der Waals surface area contributed by atoms with Gasteiger partial charge in [0, 0.05) is 12.7 Å². The van der Waals surface area contributed by atoms with Crippen LogP contribution in [0.2, 0.25) is 0 Å². The number of nitrogens with one attached hydrogen (secondary N) is 2. The Bertz CT molecular complexity index is 605. The molecule has 1 saturated carbocycles. The van der Waals surface area contributed by atoms with Crippen LogP contribution in [0.1, 0.15) is 42.5 Å². The molecule has 1 aliphatic carbocycles. The standard InChI is InChI=1S/C14H17BrN2O4/c15-10-6-9(7-16-12(10)19)11(18)17-8-14(13(20)21)4-2-1-3-5-14/h6-7H,1-5,8H2,(H,16,19)(H,17,18)(H,20,21). The van der Waals surface area contributed by atoms with Gasteiger partial charge in [0.1, 0.15) is 0 Å². The van der Waals surface area contributed by atoms with Crippen LogP contribution in [0, 0.1) is 5.41 Å². The lowest BCUT2D eigenvalue weighted by Crippen LogP contribution is -2.44. The highest BCUT2D eigenvalue weighted by Gasteiger charge is 2.39. The van der Waals surface area contributed by atoms with Crippen molar-refractivity contribution in [3.8, 4) is 0 Å². The molecule has 1 amide bonds. The van der Waals surface area contributed by atoms with Crippen molar-refractivity contribution in [2.24, 2.45) is 5.41 Å². The Kier molecular flexibility index (Phi) is 4.82. The molecular formula is C14H17BrN2O4. The molecule has 1 aromatic rings. The average Bonchev–Trinajstić information content (AvgIpc) is 2.48. The maximum absolute atomic E-state index is 12.1. The number of H-pyrrole nitrogens is 1. The zero-order valence-electron chi connectivity index (χ0n) is 11.4. The van der Waals surface area contributed by atoms with E-state index in [4.69, 9.17) is 0 Å². The minimum Gasteiger partial charge on any atom is -0.481 e. The molecule has 0 radical (unpaired) electrons. The van der Waals surface area contributed by atoms with Crippen molar-refractivity contribution in [1.82, 2.24) is 10.3 Å². The summed E-state index contributed by atoms with van der Waals surface area (Å²) >= 11 is 3.06. The molecule has 114 valence electrons. The Morgan fingerprint density at radius 2 is 2.00 bits per heavy atom. The highest BCUT2D eigenvalue weighted by Crippen LogP contribution is 2.36.